The fourth-order valence-electron chi connectivity index (χ4n) is 2.12. The molecule has 0 saturated carbocycles. The highest BCUT2D eigenvalue weighted by Gasteiger charge is 2.18. The maximum absolute atomic E-state index is 12.0. The van der Waals surface area contributed by atoms with Gasteiger partial charge in [0.15, 0.2) is 6.61 Å². The molecule has 2 rings (SSSR count). The Bertz CT molecular complexity index is 868. The first-order valence-electron chi connectivity index (χ1n) is 7.37. The average molecular weight is 379 g/mol. The summed E-state index contributed by atoms with van der Waals surface area (Å²) in [5.41, 5.74) is 0.655. The molecule has 1 amide bonds. The van der Waals surface area contributed by atoms with Gasteiger partial charge in [-0.1, -0.05) is 17.7 Å². The number of benzene rings is 2. The van der Waals surface area contributed by atoms with E-state index in [1.165, 1.54) is 31.4 Å². The fraction of sp³-hybridized carbons (Fsp3) is 0.176. The van der Waals surface area contributed by atoms with Crippen LogP contribution in [0.3, 0.4) is 0 Å². The number of hydrogen-bond acceptors (Lipinski definition) is 6. The predicted octanol–water partition coefficient (Wildman–Crippen LogP) is 3.36. The molecule has 0 aliphatic carbocycles. The summed E-state index contributed by atoms with van der Waals surface area (Å²) >= 11 is 5.78. The molecule has 0 saturated heterocycles. The number of rotatable bonds is 6. The number of hydrogen-bond donors (Lipinski definition) is 1. The van der Waals surface area contributed by atoms with Crippen LogP contribution in [0.5, 0.6) is 5.75 Å². The van der Waals surface area contributed by atoms with Crippen LogP contribution >= 0.6 is 11.6 Å². The van der Waals surface area contributed by atoms with E-state index in [9.17, 15) is 19.7 Å². The SMILES string of the molecule is COc1cc(C(=O)OCC(=O)Nc2cc(Cl)ccc2[N+](=O)[O-])ccc1C. The number of halogens is 1. The minimum absolute atomic E-state index is 0.0828. The van der Waals surface area contributed by atoms with Crippen LogP contribution < -0.4 is 10.1 Å². The highest BCUT2D eigenvalue weighted by molar-refractivity contribution is 6.31. The number of methoxy groups -OCH3 is 1. The Morgan fingerprint density at radius 2 is 1.96 bits per heavy atom. The van der Waals surface area contributed by atoms with Gasteiger partial charge in [0.25, 0.3) is 11.6 Å². The zero-order valence-electron chi connectivity index (χ0n) is 13.9. The van der Waals surface area contributed by atoms with Gasteiger partial charge in [0.2, 0.25) is 0 Å². The van der Waals surface area contributed by atoms with Crippen molar-refractivity contribution in [3.63, 3.8) is 0 Å². The van der Waals surface area contributed by atoms with Gasteiger partial charge < -0.3 is 14.8 Å². The Kier molecular flexibility index (Phi) is 6.13. The number of nitrogens with zero attached hydrogens (tertiary/aromatic N) is 1. The Morgan fingerprint density at radius 1 is 1.23 bits per heavy atom. The van der Waals surface area contributed by atoms with Gasteiger partial charge in [-0.25, -0.2) is 4.79 Å². The largest absolute Gasteiger partial charge is 0.496 e. The van der Waals surface area contributed by atoms with Gasteiger partial charge in [0.05, 0.1) is 17.6 Å². The summed E-state index contributed by atoms with van der Waals surface area (Å²) in [6.45, 7) is 1.21. The molecular weight excluding hydrogens is 364 g/mol. The third-order valence-electron chi connectivity index (χ3n) is 3.41. The Balaban J connectivity index is 2.02. The number of esters is 1. The van der Waals surface area contributed by atoms with Crippen molar-refractivity contribution in [1.29, 1.82) is 0 Å². The molecule has 136 valence electrons. The van der Waals surface area contributed by atoms with Gasteiger partial charge in [-0.3, -0.25) is 14.9 Å². The lowest BCUT2D eigenvalue weighted by atomic mass is 10.1. The van der Waals surface area contributed by atoms with Crippen molar-refractivity contribution in [3.05, 3.63) is 62.7 Å². The molecule has 0 bridgehead atoms. The summed E-state index contributed by atoms with van der Waals surface area (Å²) < 4.78 is 10.0. The van der Waals surface area contributed by atoms with E-state index < -0.39 is 23.4 Å². The molecule has 0 aliphatic rings. The molecule has 26 heavy (non-hydrogen) atoms. The van der Waals surface area contributed by atoms with E-state index in [-0.39, 0.29) is 22.0 Å². The van der Waals surface area contributed by atoms with Crippen LogP contribution in [0.1, 0.15) is 15.9 Å². The molecule has 2 aromatic carbocycles. The second kappa shape index (κ2) is 8.30. The zero-order chi connectivity index (χ0) is 19.3. The predicted molar refractivity (Wildman–Crippen MR) is 94.7 cm³/mol. The van der Waals surface area contributed by atoms with Gasteiger partial charge in [-0.2, -0.15) is 0 Å². The Labute approximate surface area is 153 Å². The van der Waals surface area contributed by atoms with Crippen molar-refractivity contribution in [3.8, 4) is 5.75 Å². The van der Waals surface area contributed by atoms with Gasteiger partial charge >= 0.3 is 5.97 Å². The molecule has 1 N–H and O–H groups in total. The quantitative estimate of drug-likeness (QED) is 0.469. The van der Waals surface area contributed by atoms with E-state index in [1.54, 1.807) is 12.1 Å². The normalized spacial score (nSPS) is 10.1. The summed E-state index contributed by atoms with van der Waals surface area (Å²) in [7, 11) is 1.47. The molecule has 0 heterocycles. The first-order chi connectivity index (χ1) is 12.3. The molecule has 8 nitrogen and oxygen atoms in total. The van der Waals surface area contributed by atoms with E-state index in [1.807, 2.05) is 6.92 Å². The lowest BCUT2D eigenvalue weighted by Crippen LogP contribution is -2.21. The number of nitro groups is 1. The van der Waals surface area contributed by atoms with Gasteiger partial charge in [-0.05, 0) is 36.8 Å². The topological polar surface area (TPSA) is 108 Å². The Hall–Kier alpha value is -3.13. The van der Waals surface area contributed by atoms with Crippen LogP contribution in [-0.2, 0) is 9.53 Å². The van der Waals surface area contributed by atoms with E-state index in [0.29, 0.717) is 5.75 Å². The van der Waals surface area contributed by atoms with Crippen molar-refractivity contribution >= 4 is 34.9 Å². The van der Waals surface area contributed by atoms with Gasteiger partial charge in [-0.15, -0.1) is 0 Å². The van der Waals surface area contributed by atoms with Crippen molar-refractivity contribution in [2.75, 3.05) is 19.0 Å². The molecule has 0 fully saturated rings. The van der Waals surface area contributed by atoms with Gasteiger partial charge in [0.1, 0.15) is 11.4 Å². The van der Waals surface area contributed by atoms with Gasteiger partial charge in [0, 0.05) is 11.1 Å². The summed E-state index contributed by atoms with van der Waals surface area (Å²) in [5, 5.41) is 13.5. The number of nitrogens with one attached hydrogen (secondary N) is 1. The zero-order valence-corrected chi connectivity index (χ0v) is 14.7. The van der Waals surface area contributed by atoms with Crippen LogP contribution in [-0.4, -0.2) is 30.5 Å². The third kappa shape index (κ3) is 4.70. The molecular formula is C17H15ClN2O6. The number of ether oxygens (including phenoxy) is 2. The standard InChI is InChI=1S/C17H15ClN2O6/c1-10-3-4-11(7-15(10)25-2)17(22)26-9-16(21)19-13-8-12(18)5-6-14(13)20(23)24/h3-8H,9H2,1-2H3,(H,19,21). The van der Waals surface area contributed by atoms with Crippen molar-refractivity contribution in [1.82, 2.24) is 0 Å². The molecule has 0 radical (unpaired) electrons. The van der Waals surface area contributed by atoms with Crippen LogP contribution in [0.25, 0.3) is 0 Å². The lowest BCUT2D eigenvalue weighted by molar-refractivity contribution is -0.383. The van der Waals surface area contributed by atoms with Crippen molar-refractivity contribution in [2.24, 2.45) is 0 Å². The van der Waals surface area contributed by atoms with Crippen LogP contribution in [0.4, 0.5) is 11.4 Å². The number of carbonyl (C=O) groups is 2. The van der Waals surface area contributed by atoms with E-state index in [4.69, 9.17) is 21.1 Å². The smallest absolute Gasteiger partial charge is 0.338 e. The maximum atomic E-state index is 12.0. The van der Waals surface area contributed by atoms with Crippen LogP contribution in [0.15, 0.2) is 36.4 Å². The monoisotopic (exact) mass is 378 g/mol. The molecule has 0 unspecified atom stereocenters. The highest BCUT2D eigenvalue weighted by Crippen LogP contribution is 2.27. The first kappa shape index (κ1) is 19.2. The summed E-state index contributed by atoms with van der Waals surface area (Å²) in [6, 6.07) is 8.47. The van der Waals surface area contributed by atoms with E-state index in [2.05, 4.69) is 5.32 Å². The molecule has 0 aliphatic heterocycles. The first-order valence-corrected chi connectivity index (χ1v) is 7.75. The van der Waals surface area contributed by atoms with E-state index in [0.717, 1.165) is 5.56 Å². The molecule has 0 spiro atoms. The van der Waals surface area contributed by atoms with Crippen LogP contribution in [0.2, 0.25) is 5.02 Å². The number of amides is 1. The number of nitro benzene ring substituents is 1. The second-order valence-electron chi connectivity index (χ2n) is 5.23. The number of anilines is 1. The summed E-state index contributed by atoms with van der Waals surface area (Å²) in [4.78, 5) is 34.3. The average Bonchev–Trinajstić information content (AvgIpc) is 2.59. The maximum Gasteiger partial charge on any atom is 0.338 e. The minimum atomic E-state index is -0.734. The second-order valence-corrected chi connectivity index (χ2v) is 5.66. The molecule has 0 atom stereocenters. The highest BCUT2D eigenvalue weighted by atomic mass is 35.5. The third-order valence-corrected chi connectivity index (χ3v) is 3.64. The lowest BCUT2D eigenvalue weighted by Gasteiger charge is -2.09. The molecule has 0 aromatic heterocycles. The van der Waals surface area contributed by atoms with Crippen LogP contribution in [0, 0.1) is 17.0 Å². The van der Waals surface area contributed by atoms with Crippen molar-refractivity contribution in [2.45, 2.75) is 6.92 Å². The summed E-state index contributed by atoms with van der Waals surface area (Å²) in [6.07, 6.45) is 0. The van der Waals surface area contributed by atoms with Crippen molar-refractivity contribution < 1.29 is 24.0 Å². The fourth-order valence-corrected chi connectivity index (χ4v) is 2.29. The minimum Gasteiger partial charge on any atom is -0.496 e. The number of aryl methyl sites for hydroxylation is 1. The van der Waals surface area contributed by atoms with E-state index >= 15 is 0 Å². The number of carbonyl (C=O) groups excluding carboxylic acids is 2. The summed E-state index contributed by atoms with van der Waals surface area (Å²) in [5.74, 6) is -0.944. The Morgan fingerprint density at radius 3 is 2.62 bits per heavy atom. The molecule has 9 heteroatoms. The molecule has 2 aromatic rings.